The number of aryl methyl sites for hydroxylation is 1. The Balaban J connectivity index is 1.47. The fraction of sp³-hybridized carbons (Fsp3) is 0.300. The molecule has 0 aliphatic carbocycles. The zero-order valence-electron chi connectivity index (χ0n) is 14.3. The molecule has 0 atom stereocenters. The molecule has 1 N–H and O–H groups in total. The van der Waals surface area contributed by atoms with Gasteiger partial charge in [-0.2, -0.15) is 0 Å². The van der Waals surface area contributed by atoms with Gasteiger partial charge in [-0.15, -0.1) is 0 Å². The number of benzene rings is 2. The summed E-state index contributed by atoms with van der Waals surface area (Å²) in [5.74, 6) is 0.829. The number of anilines is 2. The van der Waals surface area contributed by atoms with E-state index in [1.54, 1.807) is 4.90 Å². The van der Waals surface area contributed by atoms with Crippen molar-refractivity contribution in [3.63, 3.8) is 0 Å². The number of carbonyl (C=O) groups is 2. The van der Waals surface area contributed by atoms with Crippen molar-refractivity contribution in [1.29, 1.82) is 0 Å². The van der Waals surface area contributed by atoms with Crippen molar-refractivity contribution in [3.8, 4) is 5.75 Å². The van der Waals surface area contributed by atoms with Crippen LogP contribution in [0.25, 0.3) is 0 Å². The molecule has 2 aromatic rings. The standard InChI is InChI=1S/C20H22N2O3/c1-15-4-2-5-18(14-15)25-13-11-19(23)21-16-7-9-17(10-8-16)22-12-3-6-20(22)24/h2,4-5,7-10,14H,3,6,11-13H2,1H3,(H,21,23). The first-order valence-electron chi connectivity index (χ1n) is 8.51. The van der Waals surface area contributed by atoms with E-state index in [2.05, 4.69) is 5.32 Å². The van der Waals surface area contributed by atoms with Gasteiger partial charge in [0.05, 0.1) is 13.0 Å². The van der Waals surface area contributed by atoms with Crippen molar-refractivity contribution in [2.75, 3.05) is 23.4 Å². The molecule has 0 spiro atoms. The average molecular weight is 338 g/mol. The van der Waals surface area contributed by atoms with Crippen molar-refractivity contribution >= 4 is 23.2 Å². The second-order valence-corrected chi connectivity index (χ2v) is 6.16. The first-order valence-corrected chi connectivity index (χ1v) is 8.51. The van der Waals surface area contributed by atoms with Gasteiger partial charge < -0.3 is 15.0 Å². The largest absolute Gasteiger partial charge is 0.493 e. The summed E-state index contributed by atoms with van der Waals surface area (Å²) in [6, 6.07) is 15.1. The second kappa shape index (κ2) is 7.83. The van der Waals surface area contributed by atoms with E-state index in [0.29, 0.717) is 13.0 Å². The third kappa shape index (κ3) is 4.59. The SMILES string of the molecule is Cc1cccc(OCCC(=O)Nc2ccc(N3CCCC3=O)cc2)c1. The summed E-state index contributed by atoms with van der Waals surface area (Å²) in [6.45, 7) is 3.09. The number of nitrogens with zero attached hydrogens (tertiary/aromatic N) is 1. The van der Waals surface area contributed by atoms with Gasteiger partial charge in [0.1, 0.15) is 5.75 Å². The molecule has 1 saturated heterocycles. The van der Waals surface area contributed by atoms with E-state index in [9.17, 15) is 9.59 Å². The van der Waals surface area contributed by atoms with Crippen LogP contribution in [0.15, 0.2) is 48.5 Å². The Morgan fingerprint density at radius 1 is 1.20 bits per heavy atom. The second-order valence-electron chi connectivity index (χ2n) is 6.16. The minimum Gasteiger partial charge on any atom is -0.493 e. The summed E-state index contributed by atoms with van der Waals surface area (Å²) in [4.78, 5) is 25.5. The number of amides is 2. The lowest BCUT2D eigenvalue weighted by molar-refractivity contribution is -0.117. The molecule has 3 rings (SSSR count). The number of rotatable bonds is 6. The molecule has 0 bridgehead atoms. The highest BCUT2D eigenvalue weighted by Gasteiger charge is 2.21. The van der Waals surface area contributed by atoms with E-state index < -0.39 is 0 Å². The Kier molecular flexibility index (Phi) is 5.33. The maximum absolute atomic E-state index is 12.0. The summed E-state index contributed by atoms with van der Waals surface area (Å²) in [5.41, 5.74) is 2.72. The highest BCUT2D eigenvalue weighted by atomic mass is 16.5. The minimum atomic E-state index is -0.0994. The predicted molar refractivity (Wildman–Crippen MR) is 97.9 cm³/mol. The zero-order chi connectivity index (χ0) is 17.6. The average Bonchev–Trinajstić information content (AvgIpc) is 3.02. The Morgan fingerprint density at radius 2 is 2.00 bits per heavy atom. The van der Waals surface area contributed by atoms with Crippen LogP contribution in [0.3, 0.4) is 0 Å². The number of ether oxygens (including phenoxy) is 1. The van der Waals surface area contributed by atoms with Gasteiger partial charge in [0, 0.05) is 24.3 Å². The topological polar surface area (TPSA) is 58.6 Å². The minimum absolute atomic E-state index is 0.0994. The Hall–Kier alpha value is -2.82. The van der Waals surface area contributed by atoms with Crippen molar-refractivity contribution in [2.24, 2.45) is 0 Å². The van der Waals surface area contributed by atoms with Crippen LogP contribution in [0.1, 0.15) is 24.8 Å². The van der Waals surface area contributed by atoms with Crippen LogP contribution >= 0.6 is 0 Å². The molecule has 1 aliphatic heterocycles. The highest BCUT2D eigenvalue weighted by Crippen LogP contribution is 2.23. The molecule has 2 aromatic carbocycles. The van der Waals surface area contributed by atoms with Crippen LogP contribution in [0.2, 0.25) is 0 Å². The van der Waals surface area contributed by atoms with Gasteiger partial charge >= 0.3 is 0 Å². The third-order valence-corrected chi connectivity index (χ3v) is 4.12. The monoisotopic (exact) mass is 338 g/mol. The molecule has 5 heteroatoms. The van der Waals surface area contributed by atoms with Crippen molar-refractivity contribution in [3.05, 3.63) is 54.1 Å². The van der Waals surface area contributed by atoms with Gasteiger partial charge in [0.15, 0.2) is 0 Å². The van der Waals surface area contributed by atoms with Gasteiger partial charge in [0.25, 0.3) is 0 Å². The van der Waals surface area contributed by atoms with Crippen LogP contribution in [0.5, 0.6) is 5.75 Å². The summed E-state index contributed by atoms with van der Waals surface area (Å²) in [7, 11) is 0. The fourth-order valence-electron chi connectivity index (χ4n) is 2.84. The lowest BCUT2D eigenvalue weighted by atomic mass is 10.2. The molecule has 5 nitrogen and oxygen atoms in total. The lowest BCUT2D eigenvalue weighted by Gasteiger charge is -2.16. The van der Waals surface area contributed by atoms with Crippen LogP contribution in [-0.4, -0.2) is 25.0 Å². The van der Waals surface area contributed by atoms with E-state index in [-0.39, 0.29) is 18.2 Å². The van der Waals surface area contributed by atoms with E-state index in [0.717, 1.165) is 35.7 Å². The first kappa shape index (κ1) is 17.0. The van der Waals surface area contributed by atoms with Gasteiger partial charge in [-0.25, -0.2) is 0 Å². The van der Waals surface area contributed by atoms with E-state index in [1.165, 1.54) is 0 Å². The summed E-state index contributed by atoms with van der Waals surface area (Å²) < 4.78 is 5.59. The number of hydrogen-bond acceptors (Lipinski definition) is 3. The fourth-order valence-corrected chi connectivity index (χ4v) is 2.84. The van der Waals surface area contributed by atoms with Gasteiger partial charge in [-0.05, 0) is 55.3 Å². The number of hydrogen-bond donors (Lipinski definition) is 1. The smallest absolute Gasteiger partial charge is 0.227 e. The Bertz CT molecular complexity index is 756. The molecule has 0 aromatic heterocycles. The maximum Gasteiger partial charge on any atom is 0.227 e. The molecule has 1 fully saturated rings. The predicted octanol–water partition coefficient (Wildman–Crippen LogP) is 3.53. The normalized spacial score (nSPS) is 13.8. The molecular formula is C20H22N2O3. The molecule has 130 valence electrons. The molecule has 2 amide bonds. The van der Waals surface area contributed by atoms with E-state index >= 15 is 0 Å². The van der Waals surface area contributed by atoms with Crippen LogP contribution in [0.4, 0.5) is 11.4 Å². The summed E-state index contributed by atoms with van der Waals surface area (Å²) >= 11 is 0. The van der Waals surface area contributed by atoms with Crippen molar-refractivity contribution in [1.82, 2.24) is 0 Å². The van der Waals surface area contributed by atoms with Crippen molar-refractivity contribution in [2.45, 2.75) is 26.2 Å². The van der Waals surface area contributed by atoms with Crippen LogP contribution in [-0.2, 0) is 9.59 Å². The molecule has 0 saturated carbocycles. The molecule has 1 aliphatic rings. The lowest BCUT2D eigenvalue weighted by Crippen LogP contribution is -2.23. The van der Waals surface area contributed by atoms with Crippen LogP contribution < -0.4 is 15.0 Å². The Labute approximate surface area is 147 Å². The highest BCUT2D eigenvalue weighted by molar-refractivity contribution is 5.96. The number of nitrogens with one attached hydrogen (secondary N) is 1. The maximum atomic E-state index is 12.0. The number of carbonyl (C=O) groups excluding carboxylic acids is 2. The van der Waals surface area contributed by atoms with E-state index in [4.69, 9.17) is 4.74 Å². The van der Waals surface area contributed by atoms with E-state index in [1.807, 2.05) is 55.5 Å². The molecule has 1 heterocycles. The van der Waals surface area contributed by atoms with Crippen molar-refractivity contribution < 1.29 is 14.3 Å². The van der Waals surface area contributed by atoms with Gasteiger partial charge in [-0.1, -0.05) is 12.1 Å². The molecule has 25 heavy (non-hydrogen) atoms. The van der Waals surface area contributed by atoms with Gasteiger partial charge in [0.2, 0.25) is 11.8 Å². The molecule has 0 unspecified atom stereocenters. The molecule has 0 radical (unpaired) electrons. The van der Waals surface area contributed by atoms with Gasteiger partial charge in [-0.3, -0.25) is 9.59 Å². The Morgan fingerprint density at radius 3 is 2.68 bits per heavy atom. The summed E-state index contributed by atoms with van der Waals surface area (Å²) in [5, 5.41) is 2.85. The van der Waals surface area contributed by atoms with Crippen LogP contribution in [0, 0.1) is 6.92 Å². The third-order valence-electron chi connectivity index (χ3n) is 4.12. The zero-order valence-corrected chi connectivity index (χ0v) is 14.3. The first-order chi connectivity index (χ1) is 12.1. The quantitative estimate of drug-likeness (QED) is 0.876. The summed E-state index contributed by atoms with van der Waals surface area (Å²) in [6.07, 6.45) is 1.79. The molecular weight excluding hydrogens is 316 g/mol.